The number of ether oxygens (including phenoxy) is 6. The minimum atomic E-state index is -1.23. The maximum atomic E-state index is 13.4. The summed E-state index contributed by atoms with van der Waals surface area (Å²) in [6.45, 7) is 4.89. The number of nitro groups is 2. The summed E-state index contributed by atoms with van der Waals surface area (Å²) in [5, 5.41) is 34.4. The molecular weight excluding hydrogens is 1100 g/mol. The molecule has 0 bridgehead atoms. The molecule has 4 aromatic carbocycles. The molecule has 2 unspecified atom stereocenters. The molecule has 0 fully saturated rings. The maximum Gasteiger partial charge on any atom is 0.519 e. The molecule has 0 saturated heterocycles. The van der Waals surface area contributed by atoms with Crippen molar-refractivity contribution < 1.29 is 81.4 Å². The van der Waals surface area contributed by atoms with E-state index in [1.165, 1.54) is 24.3 Å². The largest absolute Gasteiger partial charge is 0.519 e. The first-order chi connectivity index (χ1) is 40.3. The predicted octanol–water partition coefficient (Wildman–Crippen LogP) is 4.34. The molecule has 8 amide bonds. The standard InChI is InChI=1S/C57H62N8O19/c1-37(35-62-51(68)15-16-52(62)69)55(72)58-21-25-81-29-27-79-23-19-49(66)60-43-7-3-39(4-8-43)31-41-33-45(64(75)76)11-13-47(41)83-57(74)84-48-14-12-46(65(77)78)34-42(48)32-40-5-9-44(10-6-40)61-50(67)20-24-80-28-30-82-26-22-59-56(73)38(2)36-63-53(70)17-18-54(63)71/h3-18,33-34,37-38H,19-32,35-36H2,1-2H3,(H,58,72)(H,59,73)(H,60,66)(H,61,67). The third-order valence-corrected chi connectivity index (χ3v) is 12.6. The van der Waals surface area contributed by atoms with Crippen LogP contribution in [0.5, 0.6) is 11.5 Å². The van der Waals surface area contributed by atoms with Crippen molar-refractivity contribution in [2.45, 2.75) is 39.5 Å². The molecule has 0 radical (unpaired) electrons. The molecule has 2 aliphatic rings. The number of carbonyl (C=O) groups is 9. The number of imide groups is 2. The molecular formula is C57H62N8O19. The van der Waals surface area contributed by atoms with E-state index in [1.54, 1.807) is 62.4 Å². The maximum absolute atomic E-state index is 13.4. The topological polar surface area (TPSA) is 350 Å². The summed E-state index contributed by atoms with van der Waals surface area (Å²) in [5.74, 6) is -4.52. The van der Waals surface area contributed by atoms with Crippen LogP contribution in [0.25, 0.3) is 0 Å². The number of non-ortho nitro benzene ring substituents is 2. The van der Waals surface area contributed by atoms with Crippen LogP contribution in [0, 0.1) is 32.1 Å². The fourth-order valence-corrected chi connectivity index (χ4v) is 8.08. The summed E-state index contributed by atoms with van der Waals surface area (Å²) in [6.07, 6.45) is 3.54. The van der Waals surface area contributed by atoms with Crippen LogP contribution in [0.15, 0.2) is 109 Å². The Morgan fingerprint density at radius 1 is 0.488 bits per heavy atom. The van der Waals surface area contributed by atoms with Crippen LogP contribution >= 0.6 is 0 Å². The van der Waals surface area contributed by atoms with E-state index < -0.39 is 51.5 Å². The lowest BCUT2D eigenvalue weighted by molar-refractivity contribution is -0.385. The number of hydrogen-bond acceptors (Lipinski definition) is 19. The third-order valence-electron chi connectivity index (χ3n) is 12.6. The van der Waals surface area contributed by atoms with Gasteiger partial charge in [0, 0.05) is 110 Å². The van der Waals surface area contributed by atoms with Crippen LogP contribution in [0.2, 0.25) is 0 Å². The number of rotatable bonds is 34. The monoisotopic (exact) mass is 1160 g/mol. The van der Waals surface area contributed by atoms with E-state index >= 15 is 0 Å². The molecule has 84 heavy (non-hydrogen) atoms. The highest BCUT2D eigenvalue weighted by Crippen LogP contribution is 2.31. The lowest BCUT2D eigenvalue weighted by Gasteiger charge is -2.18. The van der Waals surface area contributed by atoms with Crippen LogP contribution in [0.1, 0.15) is 48.9 Å². The fourth-order valence-electron chi connectivity index (χ4n) is 8.08. The highest BCUT2D eigenvalue weighted by Gasteiger charge is 2.29. The highest BCUT2D eigenvalue weighted by atomic mass is 16.7. The van der Waals surface area contributed by atoms with Gasteiger partial charge in [0.2, 0.25) is 23.6 Å². The van der Waals surface area contributed by atoms with Crippen LogP contribution < -0.4 is 30.7 Å². The second-order valence-electron chi connectivity index (χ2n) is 19.0. The van der Waals surface area contributed by atoms with Crippen molar-refractivity contribution in [3.63, 3.8) is 0 Å². The number of amides is 8. The zero-order valence-electron chi connectivity index (χ0n) is 45.9. The molecule has 0 saturated carbocycles. The molecule has 2 heterocycles. The Hall–Kier alpha value is -9.57. The highest BCUT2D eigenvalue weighted by molar-refractivity contribution is 6.13. The summed E-state index contributed by atoms with van der Waals surface area (Å²) < 4.78 is 33.0. The van der Waals surface area contributed by atoms with E-state index in [9.17, 15) is 63.4 Å². The molecule has 0 spiro atoms. The number of nitro benzene ring substituents is 2. The quantitative estimate of drug-likeness (QED) is 0.0126. The average Bonchev–Trinajstić information content (AvgIpc) is 4.02. The van der Waals surface area contributed by atoms with Crippen molar-refractivity contribution in [1.29, 1.82) is 0 Å². The van der Waals surface area contributed by atoms with Gasteiger partial charge >= 0.3 is 6.16 Å². The zero-order chi connectivity index (χ0) is 60.5. The van der Waals surface area contributed by atoms with E-state index in [-0.39, 0.29) is 162 Å². The first-order valence-electron chi connectivity index (χ1n) is 26.5. The van der Waals surface area contributed by atoms with Gasteiger partial charge in [-0.15, -0.1) is 0 Å². The van der Waals surface area contributed by atoms with Crippen molar-refractivity contribution in [1.82, 2.24) is 20.4 Å². The van der Waals surface area contributed by atoms with Gasteiger partial charge in [0.05, 0.1) is 87.4 Å². The number of nitrogens with one attached hydrogen (secondary N) is 4. The Kier molecular flexibility index (Phi) is 24.4. The van der Waals surface area contributed by atoms with E-state index in [4.69, 9.17) is 28.4 Å². The molecule has 4 aromatic rings. The Labute approximate surface area is 480 Å². The molecule has 2 aliphatic heterocycles. The van der Waals surface area contributed by atoms with E-state index in [0.29, 0.717) is 22.5 Å². The van der Waals surface area contributed by atoms with Crippen molar-refractivity contribution in [3.05, 3.63) is 152 Å². The van der Waals surface area contributed by atoms with Gasteiger partial charge in [0.25, 0.3) is 35.0 Å². The Balaban J connectivity index is 0.893. The van der Waals surface area contributed by atoms with Crippen LogP contribution in [0.3, 0.4) is 0 Å². The van der Waals surface area contributed by atoms with Crippen LogP contribution in [-0.4, -0.2) is 152 Å². The van der Waals surface area contributed by atoms with E-state index in [1.807, 2.05) is 0 Å². The number of nitrogens with zero attached hydrogens (tertiary/aromatic N) is 4. The third kappa shape index (κ3) is 20.4. The number of anilines is 2. The molecule has 0 aromatic heterocycles. The molecule has 444 valence electrons. The van der Waals surface area contributed by atoms with Crippen molar-refractivity contribution in [3.8, 4) is 11.5 Å². The smallest absolute Gasteiger partial charge is 0.394 e. The number of hydrogen-bond donors (Lipinski definition) is 4. The Morgan fingerprint density at radius 2 is 0.833 bits per heavy atom. The zero-order valence-corrected chi connectivity index (χ0v) is 45.9. The van der Waals surface area contributed by atoms with Gasteiger partial charge in [0.15, 0.2) is 0 Å². The predicted molar refractivity (Wildman–Crippen MR) is 297 cm³/mol. The summed E-state index contributed by atoms with van der Waals surface area (Å²) in [7, 11) is 0. The average molecular weight is 1160 g/mol. The molecule has 4 N–H and O–H groups in total. The van der Waals surface area contributed by atoms with Crippen LogP contribution in [0.4, 0.5) is 27.5 Å². The van der Waals surface area contributed by atoms with Crippen molar-refractivity contribution in [2.24, 2.45) is 11.8 Å². The van der Waals surface area contributed by atoms with Gasteiger partial charge in [-0.05, 0) is 47.5 Å². The number of carbonyl (C=O) groups excluding carboxylic acids is 9. The summed E-state index contributed by atoms with van der Waals surface area (Å²) in [6, 6.07) is 20.5. The van der Waals surface area contributed by atoms with Gasteiger partial charge in [-0.2, -0.15) is 0 Å². The summed E-state index contributed by atoms with van der Waals surface area (Å²) >= 11 is 0. The lowest BCUT2D eigenvalue weighted by Crippen LogP contribution is -2.41. The summed E-state index contributed by atoms with van der Waals surface area (Å²) in [5.41, 5.74) is 2.10. The lowest BCUT2D eigenvalue weighted by atomic mass is 10.0. The minimum absolute atomic E-state index is 0.0270. The fraction of sp³-hybridized carbons (Fsp3) is 0.351. The van der Waals surface area contributed by atoms with Gasteiger partial charge in [0.1, 0.15) is 11.5 Å². The minimum Gasteiger partial charge on any atom is -0.394 e. The first kappa shape index (κ1) is 63.6. The van der Waals surface area contributed by atoms with Gasteiger partial charge < -0.3 is 49.7 Å². The first-order valence-corrected chi connectivity index (χ1v) is 26.5. The van der Waals surface area contributed by atoms with Crippen LogP contribution in [-0.2, 0) is 70.1 Å². The molecule has 6 rings (SSSR count). The number of benzene rings is 4. The van der Waals surface area contributed by atoms with Crippen molar-refractivity contribution >= 4 is 76.2 Å². The molecule has 2 atom stereocenters. The Bertz CT molecular complexity index is 2890. The van der Waals surface area contributed by atoms with Gasteiger partial charge in [-0.1, -0.05) is 38.1 Å². The van der Waals surface area contributed by atoms with Gasteiger partial charge in [-0.25, -0.2) is 4.79 Å². The van der Waals surface area contributed by atoms with E-state index in [2.05, 4.69) is 21.3 Å². The second-order valence-corrected chi connectivity index (χ2v) is 19.0. The SMILES string of the molecule is CC(CN1C(=O)C=CC1=O)C(=O)NCCOCCOCCC(=O)Nc1ccc(Cc2cc([N+](=O)[O-])ccc2OC(=O)Oc2ccc([N+](=O)[O-])cc2Cc2ccc(NC(=O)CCOCCOCCNC(=O)C(C)CN3C(=O)C=CC3=O)cc2)cc1. The van der Waals surface area contributed by atoms with E-state index in [0.717, 1.165) is 46.2 Å². The summed E-state index contributed by atoms with van der Waals surface area (Å²) in [4.78, 5) is 134. The van der Waals surface area contributed by atoms with Crippen molar-refractivity contribution in [2.75, 3.05) is 89.7 Å². The molecule has 27 nitrogen and oxygen atoms in total. The molecule has 0 aliphatic carbocycles. The normalized spacial score (nSPS) is 13.4. The van der Waals surface area contributed by atoms with Gasteiger partial charge in [-0.3, -0.25) is 68.4 Å². The molecule has 27 heteroatoms. The second kappa shape index (κ2) is 32.2. The Morgan fingerprint density at radius 3 is 1.18 bits per heavy atom.